The summed E-state index contributed by atoms with van der Waals surface area (Å²) in [4.78, 5) is 25.6. The van der Waals surface area contributed by atoms with Gasteiger partial charge in [0, 0.05) is 43.5 Å². The van der Waals surface area contributed by atoms with Gasteiger partial charge in [-0.2, -0.15) is 0 Å². The Hall–Kier alpha value is -1.96. The number of aromatic nitrogens is 3. The molecule has 2 aromatic heterocycles. The number of likely N-dealkylation sites (tertiary alicyclic amines) is 1. The van der Waals surface area contributed by atoms with Crippen molar-refractivity contribution < 1.29 is 13.6 Å². The summed E-state index contributed by atoms with van der Waals surface area (Å²) in [6, 6.07) is 0.165. The Labute approximate surface area is 160 Å². The fourth-order valence-corrected chi connectivity index (χ4v) is 4.07. The van der Waals surface area contributed by atoms with Crippen molar-refractivity contribution in [1.29, 1.82) is 0 Å². The van der Waals surface area contributed by atoms with E-state index in [0.717, 1.165) is 12.8 Å². The second kappa shape index (κ2) is 6.89. The summed E-state index contributed by atoms with van der Waals surface area (Å²) >= 11 is 5.71. The quantitative estimate of drug-likeness (QED) is 0.757. The van der Waals surface area contributed by atoms with Gasteiger partial charge in [-0.15, -0.1) is 11.6 Å². The summed E-state index contributed by atoms with van der Waals surface area (Å²) in [7, 11) is 0. The van der Waals surface area contributed by atoms with E-state index in [1.807, 2.05) is 11.8 Å². The van der Waals surface area contributed by atoms with E-state index < -0.39 is 11.8 Å². The van der Waals surface area contributed by atoms with Gasteiger partial charge < -0.3 is 15.2 Å². The minimum absolute atomic E-state index is 0.000962. The molecule has 9 heteroatoms. The van der Waals surface area contributed by atoms with Crippen LogP contribution in [0.1, 0.15) is 44.1 Å². The maximum Gasteiger partial charge on any atom is 0.256 e. The number of hydrogen-bond acceptors (Lipinski definition) is 4. The number of nitrogens with one attached hydrogen (secondary N) is 2. The number of fused-ring (bicyclic) bond motifs is 1. The molecule has 0 radical (unpaired) electrons. The molecular weight excluding hydrogens is 376 g/mol. The first-order valence-corrected chi connectivity index (χ1v) is 9.76. The lowest BCUT2D eigenvalue weighted by atomic mass is 9.98. The molecule has 4 rings (SSSR count). The molecule has 0 aromatic carbocycles. The van der Waals surface area contributed by atoms with Crippen LogP contribution in [0.4, 0.5) is 14.6 Å². The molecule has 2 aromatic rings. The van der Waals surface area contributed by atoms with Crippen LogP contribution in [0.5, 0.6) is 0 Å². The van der Waals surface area contributed by atoms with Crippen molar-refractivity contribution in [2.75, 3.05) is 17.7 Å². The van der Waals surface area contributed by atoms with Gasteiger partial charge >= 0.3 is 0 Å². The summed E-state index contributed by atoms with van der Waals surface area (Å²) < 4.78 is 27.2. The van der Waals surface area contributed by atoms with Crippen molar-refractivity contribution in [2.45, 2.75) is 56.5 Å². The highest BCUT2D eigenvalue weighted by Gasteiger charge is 2.58. The van der Waals surface area contributed by atoms with Gasteiger partial charge in [-0.3, -0.25) is 4.79 Å². The van der Waals surface area contributed by atoms with Gasteiger partial charge in [-0.25, -0.2) is 18.7 Å². The standard InChI is InChI=1S/C18H22ClF2N5O/c1-10-2-3-11(8-26(10)14(27)4-5-19)25-17-15-12(13-6-18(13,20)21)7-22-16(15)23-9-24-17/h7,9-11,13H,2-6,8H2,1H3,(H2,22,23,24,25)/t10-,11+,13+/m0/s1. The SMILES string of the molecule is C[C@H]1CC[C@@H](Nc2ncnc3[nH]cc([C@H]4CC4(F)F)c23)CN1C(=O)CCCl. The Morgan fingerprint density at radius 1 is 1.44 bits per heavy atom. The topological polar surface area (TPSA) is 73.9 Å². The first kappa shape index (κ1) is 18.4. The molecule has 1 aliphatic carbocycles. The van der Waals surface area contributed by atoms with E-state index in [4.69, 9.17) is 11.6 Å². The third-order valence-corrected chi connectivity index (χ3v) is 5.74. The highest BCUT2D eigenvalue weighted by Crippen LogP contribution is 2.57. The predicted octanol–water partition coefficient (Wildman–Crippen LogP) is 3.50. The van der Waals surface area contributed by atoms with E-state index in [1.54, 1.807) is 6.20 Å². The Kier molecular flexibility index (Phi) is 4.70. The molecule has 3 heterocycles. The molecule has 1 saturated carbocycles. The summed E-state index contributed by atoms with van der Waals surface area (Å²) in [5.74, 6) is -2.56. The fraction of sp³-hybridized carbons (Fsp3) is 0.611. The molecule has 1 saturated heterocycles. The Morgan fingerprint density at radius 2 is 2.22 bits per heavy atom. The second-order valence-electron chi connectivity index (χ2n) is 7.46. The van der Waals surface area contributed by atoms with Crippen LogP contribution in [0.25, 0.3) is 11.0 Å². The molecule has 1 amide bonds. The molecule has 27 heavy (non-hydrogen) atoms. The van der Waals surface area contributed by atoms with Crippen LogP contribution in [0.2, 0.25) is 0 Å². The van der Waals surface area contributed by atoms with Crippen LogP contribution in [-0.2, 0) is 4.79 Å². The van der Waals surface area contributed by atoms with Gasteiger partial charge in [0.1, 0.15) is 17.8 Å². The number of nitrogens with zero attached hydrogens (tertiary/aromatic N) is 3. The van der Waals surface area contributed by atoms with Crippen LogP contribution in [-0.4, -0.2) is 56.2 Å². The lowest BCUT2D eigenvalue weighted by molar-refractivity contribution is -0.134. The van der Waals surface area contributed by atoms with E-state index in [0.29, 0.717) is 41.3 Å². The Balaban J connectivity index is 1.57. The zero-order chi connectivity index (χ0) is 19.2. The van der Waals surface area contributed by atoms with Crippen molar-refractivity contribution in [2.24, 2.45) is 0 Å². The first-order chi connectivity index (χ1) is 12.9. The number of piperidine rings is 1. The number of aromatic amines is 1. The molecule has 2 aliphatic rings. The van der Waals surface area contributed by atoms with Gasteiger partial charge in [-0.05, 0) is 25.3 Å². The normalized spacial score (nSPS) is 27.0. The molecular formula is C18H22ClF2N5O. The maximum atomic E-state index is 13.6. The number of halogens is 3. The smallest absolute Gasteiger partial charge is 0.256 e. The van der Waals surface area contributed by atoms with Gasteiger partial charge in [0.05, 0.1) is 11.3 Å². The summed E-state index contributed by atoms with van der Waals surface area (Å²) in [5, 5.41) is 3.99. The minimum atomic E-state index is -2.66. The van der Waals surface area contributed by atoms with Crippen LogP contribution in [0.3, 0.4) is 0 Å². The number of carbonyl (C=O) groups excluding carboxylic acids is 1. The average molecular weight is 398 g/mol. The third-order valence-electron chi connectivity index (χ3n) is 5.55. The molecule has 0 unspecified atom stereocenters. The minimum Gasteiger partial charge on any atom is -0.365 e. The molecule has 0 spiro atoms. The van der Waals surface area contributed by atoms with E-state index in [-0.39, 0.29) is 24.4 Å². The maximum absolute atomic E-state index is 13.6. The predicted molar refractivity (Wildman–Crippen MR) is 99.4 cm³/mol. The summed E-state index contributed by atoms with van der Waals surface area (Å²) in [6.07, 6.45) is 4.93. The van der Waals surface area contributed by atoms with E-state index in [9.17, 15) is 13.6 Å². The Bertz CT molecular complexity index is 857. The molecule has 0 bridgehead atoms. The van der Waals surface area contributed by atoms with Gasteiger partial charge in [0.15, 0.2) is 0 Å². The average Bonchev–Trinajstić information content (AvgIpc) is 3.06. The molecule has 6 nitrogen and oxygen atoms in total. The Morgan fingerprint density at radius 3 is 2.93 bits per heavy atom. The highest BCUT2D eigenvalue weighted by molar-refractivity contribution is 6.18. The van der Waals surface area contributed by atoms with Crippen molar-refractivity contribution in [3.05, 3.63) is 18.1 Å². The van der Waals surface area contributed by atoms with Crippen LogP contribution >= 0.6 is 11.6 Å². The van der Waals surface area contributed by atoms with Crippen LogP contribution < -0.4 is 5.32 Å². The number of H-pyrrole nitrogens is 1. The molecule has 146 valence electrons. The lowest BCUT2D eigenvalue weighted by Gasteiger charge is -2.38. The zero-order valence-electron chi connectivity index (χ0n) is 15.0. The fourth-order valence-electron chi connectivity index (χ4n) is 3.91. The number of alkyl halides is 3. The summed E-state index contributed by atoms with van der Waals surface area (Å²) in [6.45, 7) is 2.58. The van der Waals surface area contributed by atoms with Crippen molar-refractivity contribution in [1.82, 2.24) is 19.9 Å². The lowest BCUT2D eigenvalue weighted by Crippen LogP contribution is -2.49. The van der Waals surface area contributed by atoms with Crippen molar-refractivity contribution >= 4 is 34.4 Å². The monoisotopic (exact) mass is 397 g/mol. The second-order valence-corrected chi connectivity index (χ2v) is 7.84. The van der Waals surface area contributed by atoms with Crippen molar-refractivity contribution in [3.8, 4) is 0 Å². The van der Waals surface area contributed by atoms with E-state index in [1.165, 1.54) is 6.33 Å². The zero-order valence-corrected chi connectivity index (χ0v) is 15.8. The summed E-state index contributed by atoms with van der Waals surface area (Å²) in [5.41, 5.74) is 1.10. The van der Waals surface area contributed by atoms with Crippen LogP contribution in [0.15, 0.2) is 12.5 Å². The number of amides is 1. The number of hydrogen-bond donors (Lipinski definition) is 2. The largest absolute Gasteiger partial charge is 0.365 e. The molecule has 2 N–H and O–H groups in total. The number of anilines is 1. The van der Waals surface area contributed by atoms with Gasteiger partial charge in [0.25, 0.3) is 5.92 Å². The molecule has 1 aliphatic heterocycles. The van der Waals surface area contributed by atoms with Crippen molar-refractivity contribution in [3.63, 3.8) is 0 Å². The molecule has 3 atom stereocenters. The van der Waals surface area contributed by atoms with Gasteiger partial charge in [0.2, 0.25) is 5.91 Å². The van der Waals surface area contributed by atoms with E-state index >= 15 is 0 Å². The highest BCUT2D eigenvalue weighted by atomic mass is 35.5. The van der Waals surface area contributed by atoms with E-state index in [2.05, 4.69) is 20.3 Å². The third kappa shape index (κ3) is 3.47. The van der Waals surface area contributed by atoms with Gasteiger partial charge in [-0.1, -0.05) is 0 Å². The number of rotatable bonds is 5. The van der Waals surface area contributed by atoms with Crippen LogP contribution in [0, 0.1) is 0 Å². The molecule has 2 fully saturated rings. The first-order valence-electron chi connectivity index (χ1n) is 9.22. The number of carbonyl (C=O) groups is 1.